The second-order valence-corrected chi connectivity index (χ2v) is 8.41. The van der Waals surface area contributed by atoms with Crippen LogP contribution < -0.4 is 5.73 Å². The molecule has 22 heavy (non-hydrogen) atoms. The van der Waals surface area contributed by atoms with E-state index in [0.717, 1.165) is 18.5 Å². The number of nitrogens with zero attached hydrogens (tertiary/aromatic N) is 4. The molecule has 116 valence electrons. The lowest BCUT2D eigenvalue weighted by atomic mass is 10.2. The van der Waals surface area contributed by atoms with Crippen LogP contribution in [-0.4, -0.2) is 30.7 Å². The third-order valence-corrected chi connectivity index (χ3v) is 5.78. The van der Waals surface area contributed by atoms with Gasteiger partial charge in [-0.25, -0.2) is 19.2 Å². The third kappa shape index (κ3) is 3.36. The van der Waals surface area contributed by atoms with E-state index in [9.17, 15) is 4.21 Å². The van der Waals surface area contributed by atoms with E-state index in [4.69, 9.17) is 17.3 Å². The molecule has 0 aliphatic heterocycles. The van der Waals surface area contributed by atoms with Crippen LogP contribution in [0.3, 0.4) is 0 Å². The molecule has 2 aromatic rings. The van der Waals surface area contributed by atoms with Gasteiger partial charge >= 0.3 is 0 Å². The van der Waals surface area contributed by atoms with Gasteiger partial charge in [-0.1, -0.05) is 11.6 Å². The number of nitrogen functional groups attached to an aromatic ring is 1. The van der Waals surface area contributed by atoms with Gasteiger partial charge in [0, 0.05) is 28.8 Å². The summed E-state index contributed by atoms with van der Waals surface area (Å²) in [4.78, 5) is 12.7. The topological polar surface area (TPSA) is 94.1 Å². The third-order valence-electron chi connectivity index (χ3n) is 3.33. The number of anilines is 1. The molecule has 0 unspecified atom stereocenters. The van der Waals surface area contributed by atoms with Crippen LogP contribution in [-0.2, 0) is 9.73 Å². The average Bonchev–Trinajstić information content (AvgIpc) is 3.20. The van der Waals surface area contributed by atoms with Crippen LogP contribution in [0.1, 0.15) is 18.5 Å². The molecule has 0 spiro atoms. The second-order valence-electron chi connectivity index (χ2n) is 5.45. The number of hydrogen-bond acceptors (Lipinski definition) is 6. The van der Waals surface area contributed by atoms with Gasteiger partial charge in [0.1, 0.15) is 11.0 Å². The highest BCUT2D eigenvalue weighted by Gasteiger charge is 2.30. The number of aryl methyl sites for hydroxylation is 1. The van der Waals surface area contributed by atoms with Crippen molar-refractivity contribution in [2.24, 2.45) is 4.36 Å². The van der Waals surface area contributed by atoms with Crippen LogP contribution in [0.2, 0.25) is 5.15 Å². The summed E-state index contributed by atoms with van der Waals surface area (Å²) in [6.07, 6.45) is 3.61. The molecule has 2 N–H and O–H groups in total. The molecule has 0 bridgehead atoms. The Morgan fingerprint density at radius 3 is 2.64 bits per heavy atom. The van der Waals surface area contributed by atoms with Crippen molar-refractivity contribution >= 4 is 33.0 Å². The molecule has 0 aromatic carbocycles. The molecule has 3 rings (SSSR count). The Kier molecular flexibility index (Phi) is 3.78. The van der Waals surface area contributed by atoms with E-state index >= 15 is 0 Å². The highest BCUT2D eigenvalue weighted by molar-refractivity contribution is 7.93. The van der Waals surface area contributed by atoms with Crippen molar-refractivity contribution in [3.63, 3.8) is 0 Å². The first-order valence-corrected chi connectivity index (χ1v) is 9.20. The molecular formula is C14H16ClN5OS. The molecule has 8 heteroatoms. The Bertz CT molecular complexity index is 836. The van der Waals surface area contributed by atoms with E-state index in [1.807, 2.05) is 6.92 Å². The summed E-state index contributed by atoms with van der Waals surface area (Å²) in [6.45, 7) is 1.84. The van der Waals surface area contributed by atoms with Gasteiger partial charge in [0.05, 0.1) is 9.73 Å². The SMILES string of the molecule is Cc1cc(N=[S@@](C)(=O)C2CC2)nc(-c2cc(N)nc(Cl)c2)n1. The number of pyridine rings is 1. The van der Waals surface area contributed by atoms with E-state index in [2.05, 4.69) is 19.3 Å². The molecule has 0 amide bonds. The van der Waals surface area contributed by atoms with Gasteiger partial charge in [-0.15, -0.1) is 0 Å². The van der Waals surface area contributed by atoms with Gasteiger partial charge in [0.25, 0.3) is 0 Å². The zero-order valence-electron chi connectivity index (χ0n) is 12.3. The van der Waals surface area contributed by atoms with Crippen LogP contribution in [0.4, 0.5) is 11.6 Å². The predicted octanol–water partition coefficient (Wildman–Crippen LogP) is 2.97. The predicted molar refractivity (Wildman–Crippen MR) is 88.6 cm³/mol. The zero-order valence-corrected chi connectivity index (χ0v) is 13.9. The van der Waals surface area contributed by atoms with E-state index in [-0.39, 0.29) is 10.4 Å². The first-order chi connectivity index (χ1) is 10.3. The Hall–Kier alpha value is -1.73. The Balaban J connectivity index is 2.09. The molecule has 6 nitrogen and oxygen atoms in total. The molecular weight excluding hydrogens is 322 g/mol. The molecule has 1 fully saturated rings. The maximum absolute atomic E-state index is 12.5. The minimum atomic E-state index is -2.25. The van der Waals surface area contributed by atoms with Crippen molar-refractivity contribution in [3.8, 4) is 11.4 Å². The molecule has 2 heterocycles. The van der Waals surface area contributed by atoms with E-state index in [1.165, 1.54) is 0 Å². The Morgan fingerprint density at radius 2 is 2.00 bits per heavy atom. The van der Waals surface area contributed by atoms with Gasteiger partial charge in [0.2, 0.25) is 0 Å². The van der Waals surface area contributed by atoms with Crippen molar-refractivity contribution < 1.29 is 4.21 Å². The fraction of sp³-hybridized carbons (Fsp3) is 0.357. The van der Waals surface area contributed by atoms with Crippen molar-refractivity contribution in [1.82, 2.24) is 15.0 Å². The van der Waals surface area contributed by atoms with Crippen molar-refractivity contribution in [2.45, 2.75) is 25.0 Å². The lowest BCUT2D eigenvalue weighted by Crippen LogP contribution is -2.03. The molecule has 1 atom stereocenters. The lowest BCUT2D eigenvalue weighted by Gasteiger charge is -2.06. The average molecular weight is 338 g/mol. The number of nitrogens with two attached hydrogens (primary N) is 1. The van der Waals surface area contributed by atoms with Crippen LogP contribution in [0.25, 0.3) is 11.4 Å². The quantitative estimate of drug-likeness (QED) is 0.869. The normalized spacial score (nSPS) is 17.0. The van der Waals surface area contributed by atoms with Gasteiger partial charge in [-0.05, 0) is 31.9 Å². The maximum Gasteiger partial charge on any atom is 0.165 e. The van der Waals surface area contributed by atoms with Crippen LogP contribution in [0, 0.1) is 6.92 Å². The largest absolute Gasteiger partial charge is 0.384 e. The van der Waals surface area contributed by atoms with Gasteiger partial charge < -0.3 is 5.73 Å². The number of rotatable bonds is 3. The van der Waals surface area contributed by atoms with Crippen molar-refractivity contribution in [3.05, 3.63) is 29.0 Å². The van der Waals surface area contributed by atoms with Gasteiger partial charge in [-0.3, -0.25) is 0 Å². The minimum absolute atomic E-state index is 0.178. The molecule has 0 saturated heterocycles. The molecule has 1 aliphatic rings. The Morgan fingerprint density at radius 1 is 1.27 bits per heavy atom. The second kappa shape index (κ2) is 5.48. The molecule has 1 saturated carbocycles. The molecule has 0 radical (unpaired) electrons. The summed E-state index contributed by atoms with van der Waals surface area (Å²) in [5.74, 6) is 1.16. The first kappa shape index (κ1) is 15.2. The standard InChI is InChI=1S/C14H16ClN5OS/c1-8-5-13(20-22(2,21)10-3-4-10)19-14(17-8)9-6-11(15)18-12(16)7-9/h5-7,10H,3-4H2,1-2H3,(H2,16,18)/t22-/m0/s1. The molecule has 1 aliphatic carbocycles. The minimum Gasteiger partial charge on any atom is -0.384 e. The smallest absolute Gasteiger partial charge is 0.165 e. The lowest BCUT2D eigenvalue weighted by molar-refractivity contribution is 0.680. The maximum atomic E-state index is 12.5. The highest BCUT2D eigenvalue weighted by Crippen LogP contribution is 2.31. The fourth-order valence-corrected chi connectivity index (χ4v) is 3.98. The highest BCUT2D eigenvalue weighted by atomic mass is 35.5. The zero-order chi connectivity index (χ0) is 15.9. The van der Waals surface area contributed by atoms with Crippen LogP contribution >= 0.6 is 11.6 Å². The summed E-state index contributed by atoms with van der Waals surface area (Å²) in [5.41, 5.74) is 7.10. The van der Waals surface area contributed by atoms with E-state index in [1.54, 1.807) is 24.5 Å². The van der Waals surface area contributed by atoms with Crippen LogP contribution in [0.15, 0.2) is 22.6 Å². The molecule has 2 aromatic heterocycles. The summed E-state index contributed by atoms with van der Waals surface area (Å²) in [6, 6.07) is 5.01. The summed E-state index contributed by atoms with van der Waals surface area (Å²) >= 11 is 5.92. The fourth-order valence-electron chi connectivity index (χ4n) is 2.14. The number of halogens is 1. The summed E-state index contributed by atoms with van der Waals surface area (Å²) in [7, 11) is -2.25. The van der Waals surface area contributed by atoms with Crippen LogP contribution in [0.5, 0.6) is 0 Å². The number of aromatic nitrogens is 3. The van der Waals surface area contributed by atoms with E-state index in [0.29, 0.717) is 23.0 Å². The van der Waals surface area contributed by atoms with Gasteiger partial charge in [-0.2, -0.15) is 4.36 Å². The van der Waals surface area contributed by atoms with E-state index < -0.39 is 9.73 Å². The summed E-state index contributed by atoms with van der Waals surface area (Å²) in [5, 5.41) is 0.452. The van der Waals surface area contributed by atoms with Crippen molar-refractivity contribution in [2.75, 3.05) is 12.0 Å². The summed E-state index contributed by atoms with van der Waals surface area (Å²) < 4.78 is 16.8. The Labute approximate surface area is 134 Å². The van der Waals surface area contributed by atoms with Crippen molar-refractivity contribution in [1.29, 1.82) is 0 Å². The van der Waals surface area contributed by atoms with Gasteiger partial charge in [0.15, 0.2) is 11.6 Å². The number of hydrogen-bond donors (Lipinski definition) is 1. The monoisotopic (exact) mass is 337 g/mol. The first-order valence-electron chi connectivity index (χ1n) is 6.83.